The molecule has 0 saturated heterocycles. The average molecular weight is 360 g/mol. The van der Waals surface area contributed by atoms with Crippen LogP contribution in [0.3, 0.4) is 0 Å². The summed E-state index contributed by atoms with van der Waals surface area (Å²) in [4.78, 5) is 24.5. The molecule has 0 spiro atoms. The molecule has 0 aliphatic heterocycles. The summed E-state index contributed by atoms with van der Waals surface area (Å²) in [6.45, 7) is 3.85. The van der Waals surface area contributed by atoms with Gasteiger partial charge < -0.3 is 5.11 Å². The molecular formula is C19H28N4O3. The van der Waals surface area contributed by atoms with E-state index in [9.17, 15) is 14.7 Å². The number of rotatable bonds is 4. The van der Waals surface area contributed by atoms with Crippen LogP contribution in [0, 0.1) is 31.1 Å². The van der Waals surface area contributed by atoms with Gasteiger partial charge in [0.1, 0.15) is 6.54 Å². The summed E-state index contributed by atoms with van der Waals surface area (Å²) < 4.78 is 1.62. The Hall–Kier alpha value is -1.89. The maximum absolute atomic E-state index is 12.4. The van der Waals surface area contributed by atoms with Gasteiger partial charge in [-0.25, -0.2) is 0 Å². The third kappa shape index (κ3) is 3.37. The van der Waals surface area contributed by atoms with Gasteiger partial charge in [-0.15, -0.1) is 0 Å². The summed E-state index contributed by atoms with van der Waals surface area (Å²) in [6.07, 6.45) is 6.14. The van der Waals surface area contributed by atoms with Crippen molar-refractivity contribution < 1.29 is 14.7 Å². The van der Waals surface area contributed by atoms with Gasteiger partial charge in [0.2, 0.25) is 5.91 Å². The minimum absolute atomic E-state index is 0.0784. The lowest BCUT2D eigenvalue weighted by Crippen LogP contribution is -2.57. The number of nitrogens with one attached hydrogen (secondary N) is 2. The minimum Gasteiger partial charge on any atom is -0.390 e. The molecule has 3 N–H and O–H groups in total. The molecule has 7 heteroatoms. The lowest BCUT2D eigenvalue weighted by atomic mass is 9.47. The number of aromatic nitrogens is 2. The number of hydrogen-bond acceptors (Lipinski definition) is 4. The molecule has 1 aromatic rings. The van der Waals surface area contributed by atoms with Crippen LogP contribution in [0.25, 0.3) is 0 Å². The fraction of sp³-hybridized carbons (Fsp3) is 0.737. The molecule has 2 amide bonds. The number of aliphatic hydroxyl groups is 1. The maximum Gasteiger partial charge on any atom is 0.260 e. The number of carbonyl (C=O) groups is 2. The van der Waals surface area contributed by atoms with Crippen LogP contribution in [0.5, 0.6) is 0 Å². The maximum atomic E-state index is 12.4. The molecule has 1 heterocycles. The zero-order valence-corrected chi connectivity index (χ0v) is 15.5. The van der Waals surface area contributed by atoms with Crippen LogP contribution in [-0.4, -0.2) is 32.3 Å². The third-order valence-corrected chi connectivity index (χ3v) is 6.43. The summed E-state index contributed by atoms with van der Waals surface area (Å²) in [5.74, 6) is 0.635. The van der Waals surface area contributed by atoms with Crippen LogP contribution in [0.15, 0.2) is 6.07 Å². The van der Waals surface area contributed by atoms with Crippen molar-refractivity contribution in [3.63, 3.8) is 0 Å². The fourth-order valence-corrected chi connectivity index (χ4v) is 6.14. The average Bonchev–Trinajstić information content (AvgIpc) is 2.79. The normalized spacial score (nSPS) is 34.7. The molecule has 4 aliphatic rings. The highest BCUT2D eigenvalue weighted by Crippen LogP contribution is 2.62. The van der Waals surface area contributed by atoms with E-state index in [4.69, 9.17) is 0 Å². The molecule has 5 rings (SSSR count). The monoisotopic (exact) mass is 360 g/mol. The zero-order valence-electron chi connectivity index (χ0n) is 15.5. The standard InChI is InChI=1S/C19H28N4O3/c1-12-3-13(2)23(22-12)10-17(25)21-20-16(24)9-18-5-14-4-15(6-18)8-19(26,7-14)11-18/h3,14-15,26H,4-11H2,1-2H3,(H,20,24)(H,21,25)/t14-,15+,18?,19?. The first-order chi connectivity index (χ1) is 12.2. The van der Waals surface area contributed by atoms with E-state index < -0.39 is 5.60 Å². The molecule has 1 aromatic heterocycles. The van der Waals surface area contributed by atoms with Gasteiger partial charge in [-0.1, -0.05) is 0 Å². The van der Waals surface area contributed by atoms with Gasteiger partial charge in [-0.05, 0) is 75.7 Å². The summed E-state index contributed by atoms with van der Waals surface area (Å²) in [6, 6.07) is 1.91. The number of hydrogen-bond donors (Lipinski definition) is 3. The Morgan fingerprint density at radius 2 is 1.85 bits per heavy atom. The molecule has 7 nitrogen and oxygen atoms in total. The Morgan fingerprint density at radius 3 is 2.42 bits per heavy atom. The molecule has 4 fully saturated rings. The minimum atomic E-state index is -0.566. The van der Waals surface area contributed by atoms with Crippen LogP contribution < -0.4 is 10.9 Å². The number of amides is 2. The third-order valence-electron chi connectivity index (χ3n) is 6.43. The topological polar surface area (TPSA) is 96.2 Å². The summed E-state index contributed by atoms with van der Waals surface area (Å²) >= 11 is 0. The summed E-state index contributed by atoms with van der Waals surface area (Å²) in [7, 11) is 0. The Bertz CT molecular complexity index is 727. The van der Waals surface area contributed by atoms with Crippen molar-refractivity contribution in [2.75, 3.05) is 0 Å². The van der Waals surface area contributed by atoms with Gasteiger partial charge in [-0.2, -0.15) is 5.10 Å². The van der Waals surface area contributed by atoms with Gasteiger partial charge in [0.25, 0.3) is 5.91 Å². The van der Waals surface area contributed by atoms with Crippen molar-refractivity contribution in [1.82, 2.24) is 20.6 Å². The van der Waals surface area contributed by atoms with E-state index in [-0.39, 0.29) is 23.8 Å². The van der Waals surface area contributed by atoms with E-state index in [1.54, 1.807) is 4.68 Å². The second-order valence-corrected chi connectivity index (χ2v) is 9.04. The molecule has 4 bridgehead atoms. The molecule has 26 heavy (non-hydrogen) atoms. The van der Waals surface area contributed by atoms with Crippen LogP contribution in [0.4, 0.5) is 0 Å². The molecule has 0 aromatic carbocycles. The number of nitrogens with zero attached hydrogens (tertiary/aromatic N) is 2. The van der Waals surface area contributed by atoms with Crippen LogP contribution in [0.1, 0.15) is 56.3 Å². The van der Waals surface area contributed by atoms with Gasteiger partial charge in [-0.3, -0.25) is 25.1 Å². The quantitative estimate of drug-likeness (QED) is 0.707. The van der Waals surface area contributed by atoms with Crippen molar-refractivity contribution >= 4 is 11.8 Å². The highest BCUT2D eigenvalue weighted by molar-refractivity contribution is 5.82. The predicted octanol–water partition coefficient (Wildman–Crippen LogP) is 1.37. The summed E-state index contributed by atoms with van der Waals surface area (Å²) in [5, 5.41) is 15.0. The van der Waals surface area contributed by atoms with Gasteiger partial charge in [0, 0.05) is 12.1 Å². The van der Waals surface area contributed by atoms with Crippen molar-refractivity contribution in [3.05, 3.63) is 17.5 Å². The highest BCUT2D eigenvalue weighted by atomic mass is 16.3. The number of carbonyl (C=O) groups excluding carboxylic acids is 2. The van der Waals surface area contributed by atoms with Crippen molar-refractivity contribution in [1.29, 1.82) is 0 Å². The first-order valence-corrected chi connectivity index (χ1v) is 9.55. The van der Waals surface area contributed by atoms with Crippen molar-refractivity contribution in [2.24, 2.45) is 17.3 Å². The Morgan fingerprint density at radius 1 is 1.19 bits per heavy atom. The number of aryl methyl sites for hydroxylation is 2. The Kier molecular flexibility index (Phi) is 4.10. The number of hydrazine groups is 1. The van der Waals surface area contributed by atoms with Crippen molar-refractivity contribution in [2.45, 2.75) is 70.9 Å². The molecule has 4 atom stereocenters. The second-order valence-electron chi connectivity index (χ2n) is 9.04. The molecule has 0 radical (unpaired) electrons. The van der Waals surface area contributed by atoms with Crippen LogP contribution >= 0.6 is 0 Å². The first-order valence-electron chi connectivity index (χ1n) is 9.55. The Labute approximate surface area is 153 Å². The zero-order chi connectivity index (χ0) is 18.5. The molecular weight excluding hydrogens is 332 g/mol. The largest absolute Gasteiger partial charge is 0.390 e. The SMILES string of the molecule is Cc1cc(C)n(CC(=O)NNC(=O)CC23C[C@@H]4C[C@@H](CC(O)(C4)C2)C3)n1. The molecule has 4 saturated carbocycles. The van der Waals surface area contributed by atoms with E-state index in [1.165, 1.54) is 6.42 Å². The molecule has 142 valence electrons. The van der Waals surface area contributed by atoms with E-state index >= 15 is 0 Å². The van der Waals surface area contributed by atoms with Gasteiger partial charge >= 0.3 is 0 Å². The molecule has 4 aliphatic carbocycles. The van der Waals surface area contributed by atoms with E-state index in [1.807, 2.05) is 19.9 Å². The van der Waals surface area contributed by atoms with E-state index in [0.29, 0.717) is 18.3 Å². The predicted molar refractivity (Wildman–Crippen MR) is 94.7 cm³/mol. The second kappa shape index (κ2) is 6.08. The van der Waals surface area contributed by atoms with Gasteiger partial charge in [0.15, 0.2) is 0 Å². The van der Waals surface area contributed by atoms with E-state index in [2.05, 4.69) is 16.0 Å². The summed E-state index contributed by atoms with van der Waals surface area (Å²) in [5.41, 5.74) is 6.16. The van der Waals surface area contributed by atoms with Gasteiger partial charge in [0.05, 0.1) is 11.3 Å². The molecule has 2 unspecified atom stereocenters. The lowest BCUT2D eigenvalue weighted by Gasteiger charge is -2.60. The van der Waals surface area contributed by atoms with E-state index in [0.717, 1.165) is 43.5 Å². The first kappa shape index (κ1) is 17.5. The van der Waals surface area contributed by atoms with Crippen molar-refractivity contribution in [3.8, 4) is 0 Å². The van der Waals surface area contributed by atoms with Crippen LogP contribution in [0.2, 0.25) is 0 Å². The van der Waals surface area contributed by atoms with Crippen LogP contribution in [-0.2, 0) is 16.1 Å². The smallest absolute Gasteiger partial charge is 0.260 e. The Balaban J connectivity index is 1.30. The highest BCUT2D eigenvalue weighted by Gasteiger charge is 2.57. The lowest BCUT2D eigenvalue weighted by molar-refractivity contribution is -0.169. The fourth-order valence-electron chi connectivity index (χ4n) is 6.14.